The van der Waals surface area contributed by atoms with Gasteiger partial charge in [0, 0.05) is 11.3 Å². The van der Waals surface area contributed by atoms with E-state index >= 15 is 0 Å². The topological polar surface area (TPSA) is 103 Å². The van der Waals surface area contributed by atoms with Gasteiger partial charge in [-0.25, -0.2) is 9.67 Å². The number of anilines is 1. The van der Waals surface area contributed by atoms with Crippen LogP contribution < -0.4 is 11.1 Å². The molecule has 0 spiro atoms. The molecular weight excluding hydrogens is 402 g/mol. The molecule has 0 unspecified atom stereocenters. The van der Waals surface area contributed by atoms with Gasteiger partial charge in [0.25, 0.3) is 5.91 Å². The minimum absolute atomic E-state index is 0.0201. The molecule has 30 heavy (non-hydrogen) atoms. The molecule has 0 fully saturated rings. The summed E-state index contributed by atoms with van der Waals surface area (Å²) < 4.78 is 1.61. The Morgan fingerprint density at radius 2 is 1.60 bits per heavy atom. The Balaban J connectivity index is 1.71. The van der Waals surface area contributed by atoms with Gasteiger partial charge in [-0.15, -0.1) is 5.10 Å². The molecule has 0 saturated carbocycles. The van der Waals surface area contributed by atoms with Crippen molar-refractivity contribution >= 4 is 29.1 Å². The summed E-state index contributed by atoms with van der Waals surface area (Å²) in [5.74, 6) is -0.706. The maximum Gasteiger partial charge on any atom is 0.295 e. The fraction of sp³-hybridized carbons (Fsp3) is 0. The first-order chi connectivity index (χ1) is 14.5. The molecule has 0 atom stereocenters. The molecule has 0 saturated heterocycles. The van der Waals surface area contributed by atoms with Crippen molar-refractivity contribution in [3.05, 3.63) is 95.3 Å². The van der Waals surface area contributed by atoms with Gasteiger partial charge < -0.3 is 11.1 Å². The van der Waals surface area contributed by atoms with Crippen LogP contribution >= 0.6 is 11.6 Å². The number of nitrogens with zero attached hydrogens (tertiary/aromatic N) is 3. The first kappa shape index (κ1) is 19.4. The third kappa shape index (κ3) is 3.92. The number of nitrogens with one attached hydrogen (secondary N) is 1. The lowest BCUT2D eigenvalue weighted by Gasteiger charge is -2.06. The van der Waals surface area contributed by atoms with E-state index in [1.807, 2.05) is 60.7 Å². The van der Waals surface area contributed by atoms with E-state index < -0.39 is 11.8 Å². The van der Waals surface area contributed by atoms with Gasteiger partial charge in [-0.1, -0.05) is 60.1 Å². The lowest BCUT2D eigenvalue weighted by atomic mass is 10.2. The first-order valence-corrected chi connectivity index (χ1v) is 9.39. The van der Waals surface area contributed by atoms with Crippen LogP contribution in [0.5, 0.6) is 0 Å². The average Bonchev–Trinajstić information content (AvgIpc) is 3.22. The van der Waals surface area contributed by atoms with E-state index in [-0.39, 0.29) is 16.4 Å². The maximum atomic E-state index is 12.8. The predicted octanol–water partition coefficient (Wildman–Crippen LogP) is 3.94. The number of halogens is 1. The molecular formula is C22H16ClN5O2. The zero-order valence-corrected chi connectivity index (χ0v) is 16.4. The number of hydrogen-bond donors (Lipinski definition) is 2. The minimum atomic E-state index is -0.686. The predicted molar refractivity (Wildman–Crippen MR) is 115 cm³/mol. The summed E-state index contributed by atoms with van der Waals surface area (Å²) in [6.07, 6.45) is 0. The summed E-state index contributed by atoms with van der Waals surface area (Å²) in [6, 6.07) is 23.3. The second-order valence-electron chi connectivity index (χ2n) is 6.39. The largest absolute Gasteiger partial charge is 0.366 e. The van der Waals surface area contributed by atoms with E-state index in [9.17, 15) is 9.59 Å². The molecule has 1 heterocycles. The van der Waals surface area contributed by atoms with Gasteiger partial charge in [-0.05, 0) is 30.3 Å². The Bertz CT molecular complexity index is 1170. The molecule has 3 N–H and O–H groups in total. The number of benzene rings is 3. The van der Waals surface area contributed by atoms with Crippen molar-refractivity contribution in [1.29, 1.82) is 0 Å². The molecule has 0 radical (unpaired) electrons. The molecule has 4 rings (SSSR count). The van der Waals surface area contributed by atoms with Crippen molar-refractivity contribution in [3.8, 4) is 17.1 Å². The normalized spacial score (nSPS) is 10.6. The van der Waals surface area contributed by atoms with Crippen molar-refractivity contribution in [2.75, 3.05) is 5.32 Å². The van der Waals surface area contributed by atoms with Crippen LogP contribution in [-0.2, 0) is 0 Å². The summed E-state index contributed by atoms with van der Waals surface area (Å²) in [7, 11) is 0. The van der Waals surface area contributed by atoms with Crippen molar-refractivity contribution in [2.24, 2.45) is 5.73 Å². The van der Waals surface area contributed by atoms with E-state index in [1.165, 1.54) is 12.1 Å². The summed E-state index contributed by atoms with van der Waals surface area (Å²) >= 11 is 5.96. The zero-order valence-electron chi connectivity index (χ0n) is 15.6. The highest BCUT2D eigenvalue weighted by atomic mass is 35.5. The molecule has 1 aromatic heterocycles. The summed E-state index contributed by atoms with van der Waals surface area (Å²) in [5.41, 5.74) is 7.37. The number of hydrogen-bond acceptors (Lipinski definition) is 4. The second-order valence-corrected chi connectivity index (χ2v) is 6.79. The summed E-state index contributed by atoms with van der Waals surface area (Å²) in [4.78, 5) is 28.7. The van der Waals surface area contributed by atoms with Crippen LogP contribution in [0.15, 0.2) is 78.9 Å². The van der Waals surface area contributed by atoms with Crippen LogP contribution in [0.4, 0.5) is 5.69 Å². The Morgan fingerprint density at radius 3 is 2.27 bits per heavy atom. The van der Waals surface area contributed by atoms with Gasteiger partial charge in [0.1, 0.15) is 0 Å². The van der Waals surface area contributed by atoms with Gasteiger partial charge >= 0.3 is 0 Å². The Hall–Kier alpha value is -3.97. The van der Waals surface area contributed by atoms with Gasteiger partial charge in [0.05, 0.1) is 16.3 Å². The SMILES string of the molecule is NC(=O)c1cc(NC(=O)c2nc(-c3ccccc3)n(-c3ccccc3)n2)ccc1Cl. The summed E-state index contributed by atoms with van der Waals surface area (Å²) in [6.45, 7) is 0. The van der Waals surface area contributed by atoms with Gasteiger partial charge in [0.15, 0.2) is 5.82 Å². The Kier molecular flexibility index (Phi) is 5.28. The highest BCUT2D eigenvalue weighted by Gasteiger charge is 2.19. The standard InChI is InChI=1S/C22H16ClN5O2/c23-18-12-11-15(13-17(18)19(24)29)25-22(30)20-26-21(14-7-3-1-4-8-14)28(27-20)16-9-5-2-6-10-16/h1-13H,(H2,24,29)(H,25,30). The highest BCUT2D eigenvalue weighted by Crippen LogP contribution is 2.23. The highest BCUT2D eigenvalue weighted by molar-refractivity contribution is 6.34. The van der Waals surface area contributed by atoms with Crippen LogP contribution in [0, 0.1) is 0 Å². The third-order valence-corrected chi connectivity index (χ3v) is 4.66. The lowest BCUT2D eigenvalue weighted by Crippen LogP contribution is -2.16. The molecule has 0 aliphatic carbocycles. The van der Waals surface area contributed by atoms with Crippen molar-refractivity contribution in [2.45, 2.75) is 0 Å². The van der Waals surface area contributed by atoms with Crippen molar-refractivity contribution in [1.82, 2.24) is 14.8 Å². The van der Waals surface area contributed by atoms with Crippen LogP contribution in [0.25, 0.3) is 17.1 Å². The number of para-hydroxylation sites is 1. The molecule has 8 heteroatoms. The quantitative estimate of drug-likeness (QED) is 0.513. The number of nitrogens with two attached hydrogens (primary N) is 1. The smallest absolute Gasteiger partial charge is 0.295 e. The van der Waals surface area contributed by atoms with Gasteiger partial charge in [0.2, 0.25) is 11.7 Å². The number of carbonyl (C=O) groups excluding carboxylic acids is 2. The van der Waals surface area contributed by atoms with Crippen LogP contribution in [-0.4, -0.2) is 26.6 Å². The van der Waals surface area contributed by atoms with Crippen molar-refractivity contribution < 1.29 is 9.59 Å². The lowest BCUT2D eigenvalue weighted by molar-refractivity contribution is 0.0994. The molecule has 148 valence electrons. The van der Waals surface area contributed by atoms with E-state index in [0.717, 1.165) is 11.3 Å². The van der Waals surface area contributed by atoms with Crippen LogP contribution in [0.2, 0.25) is 5.02 Å². The minimum Gasteiger partial charge on any atom is -0.366 e. The Labute approximate surface area is 177 Å². The van der Waals surface area contributed by atoms with Crippen LogP contribution in [0.1, 0.15) is 21.0 Å². The van der Waals surface area contributed by atoms with Crippen LogP contribution in [0.3, 0.4) is 0 Å². The molecule has 4 aromatic rings. The molecule has 7 nitrogen and oxygen atoms in total. The molecule has 0 bridgehead atoms. The van der Waals surface area contributed by atoms with Gasteiger partial charge in [-0.3, -0.25) is 9.59 Å². The number of amides is 2. The summed E-state index contributed by atoms with van der Waals surface area (Å²) in [5, 5.41) is 7.29. The maximum absolute atomic E-state index is 12.8. The van der Waals surface area contributed by atoms with Crippen molar-refractivity contribution in [3.63, 3.8) is 0 Å². The molecule has 2 amide bonds. The monoisotopic (exact) mass is 417 g/mol. The second kappa shape index (κ2) is 8.18. The van der Waals surface area contributed by atoms with E-state index in [2.05, 4.69) is 15.4 Å². The van der Waals surface area contributed by atoms with E-state index in [4.69, 9.17) is 17.3 Å². The zero-order chi connectivity index (χ0) is 21.1. The Morgan fingerprint density at radius 1 is 0.933 bits per heavy atom. The van der Waals surface area contributed by atoms with Gasteiger partial charge in [-0.2, -0.15) is 0 Å². The number of primary amides is 1. The van der Waals surface area contributed by atoms with E-state index in [1.54, 1.807) is 10.7 Å². The fourth-order valence-electron chi connectivity index (χ4n) is 2.91. The number of carbonyl (C=O) groups is 2. The van der Waals surface area contributed by atoms with E-state index in [0.29, 0.717) is 11.5 Å². The first-order valence-electron chi connectivity index (χ1n) is 9.01. The molecule has 3 aromatic carbocycles. The fourth-order valence-corrected chi connectivity index (χ4v) is 3.12. The third-order valence-electron chi connectivity index (χ3n) is 4.33. The number of rotatable bonds is 5. The molecule has 0 aliphatic rings. The average molecular weight is 418 g/mol. The number of aromatic nitrogens is 3. The molecule has 0 aliphatic heterocycles.